The average Bonchev–Trinajstić information content (AvgIpc) is 2.51. The monoisotopic (exact) mass is 343 g/mol. The van der Waals surface area contributed by atoms with Crippen LogP contribution in [-0.4, -0.2) is 0 Å². The first-order valence-electron chi connectivity index (χ1n) is 6.48. The first kappa shape index (κ1) is 15.0. The van der Waals surface area contributed by atoms with Crippen LogP contribution < -0.4 is 32.9 Å². The van der Waals surface area contributed by atoms with Gasteiger partial charge in [-0.1, -0.05) is 54.6 Å². The standard InChI is InChI=1S/C18H15P.BrH/c1-4-10-16(11-5-1)19(17-12-6-2-7-13-17)18-14-8-3-9-15-18;/h1-15H;1H/p+1. The van der Waals surface area contributed by atoms with Gasteiger partial charge in [0.2, 0.25) is 0 Å². The summed E-state index contributed by atoms with van der Waals surface area (Å²) in [6.45, 7) is 0. The van der Waals surface area contributed by atoms with Crippen molar-refractivity contribution in [1.29, 1.82) is 0 Å². The van der Waals surface area contributed by atoms with Crippen LogP contribution in [0.3, 0.4) is 0 Å². The molecule has 0 nitrogen and oxygen atoms in total. The predicted octanol–water partition coefficient (Wildman–Crippen LogP) is 0.294. The van der Waals surface area contributed by atoms with Crippen molar-refractivity contribution in [3.05, 3.63) is 91.0 Å². The van der Waals surface area contributed by atoms with Gasteiger partial charge < -0.3 is 17.0 Å². The van der Waals surface area contributed by atoms with Crippen LogP contribution in [-0.2, 0) is 0 Å². The molecule has 0 N–H and O–H groups in total. The summed E-state index contributed by atoms with van der Waals surface area (Å²) in [5.41, 5.74) is 0. The Bertz CT molecular complexity index is 535. The van der Waals surface area contributed by atoms with Crippen LogP contribution in [0.1, 0.15) is 1.43 Å². The van der Waals surface area contributed by atoms with Gasteiger partial charge in [-0.2, -0.15) is 0 Å². The molecule has 0 aliphatic rings. The molecule has 0 heterocycles. The van der Waals surface area contributed by atoms with Crippen molar-refractivity contribution in [2.75, 3.05) is 0 Å². The van der Waals surface area contributed by atoms with E-state index in [1.807, 2.05) is 0 Å². The number of hydrogen-bond acceptors (Lipinski definition) is 0. The molecule has 0 saturated heterocycles. The van der Waals surface area contributed by atoms with Gasteiger partial charge in [0.1, 0.15) is 15.9 Å². The highest BCUT2D eigenvalue weighted by molar-refractivity contribution is 7.79. The molecule has 0 aromatic heterocycles. The summed E-state index contributed by atoms with van der Waals surface area (Å²) < 4.78 is 0. The fraction of sp³-hybridized carbons (Fsp3) is 0. The van der Waals surface area contributed by atoms with Crippen LogP contribution in [0.2, 0.25) is 0 Å². The number of halogens is 1. The highest BCUT2D eigenvalue weighted by Crippen LogP contribution is 2.32. The van der Waals surface area contributed by atoms with Gasteiger partial charge in [0.05, 0.1) is 7.92 Å². The Labute approximate surface area is 133 Å². The van der Waals surface area contributed by atoms with E-state index >= 15 is 0 Å². The third-order valence-corrected chi connectivity index (χ3v) is 5.92. The molecule has 0 radical (unpaired) electrons. The molecule has 0 unspecified atom stereocenters. The van der Waals surface area contributed by atoms with Gasteiger partial charge in [-0.15, -0.1) is 0 Å². The molecule has 20 heavy (non-hydrogen) atoms. The molecule has 100 valence electrons. The number of benzene rings is 3. The average molecular weight is 344 g/mol. The van der Waals surface area contributed by atoms with Gasteiger partial charge in [0, 0.05) is 0 Å². The van der Waals surface area contributed by atoms with Crippen molar-refractivity contribution in [2.45, 2.75) is 0 Å². The minimum Gasteiger partial charge on any atom is -1.00 e. The van der Waals surface area contributed by atoms with Crippen molar-refractivity contribution in [3.8, 4) is 0 Å². The molecule has 0 atom stereocenters. The Morgan fingerprint density at radius 2 is 0.700 bits per heavy atom. The Kier molecular flexibility index (Phi) is 5.52. The normalized spacial score (nSPS) is 10.1. The van der Waals surface area contributed by atoms with Crippen LogP contribution >= 0.6 is 7.92 Å². The summed E-state index contributed by atoms with van der Waals surface area (Å²) >= 11 is 0. The van der Waals surface area contributed by atoms with Gasteiger partial charge in [-0.05, 0) is 36.4 Å². The van der Waals surface area contributed by atoms with Crippen LogP contribution in [0.4, 0.5) is 0 Å². The molecular formula is C18H17BrP+. The predicted molar refractivity (Wildman–Crippen MR) is 87.7 cm³/mol. The van der Waals surface area contributed by atoms with Crippen molar-refractivity contribution < 1.29 is 18.4 Å². The first-order chi connectivity index (χ1) is 9.45. The van der Waals surface area contributed by atoms with E-state index in [1.165, 1.54) is 15.9 Å². The highest BCUT2D eigenvalue weighted by Gasteiger charge is 2.24. The quantitative estimate of drug-likeness (QED) is 0.600. The molecule has 0 spiro atoms. The molecule has 2 heteroatoms. The fourth-order valence-electron chi connectivity index (χ4n) is 2.31. The van der Waals surface area contributed by atoms with Crippen LogP contribution in [0, 0.1) is 0 Å². The molecule has 0 aliphatic carbocycles. The third-order valence-electron chi connectivity index (χ3n) is 3.19. The Morgan fingerprint density at radius 1 is 0.450 bits per heavy atom. The van der Waals surface area contributed by atoms with Gasteiger partial charge >= 0.3 is 1.43 Å². The third kappa shape index (κ3) is 3.36. The topological polar surface area (TPSA) is 0 Å². The van der Waals surface area contributed by atoms with Crippen LogP contribution in [0.5, 0.6) is 0 Å². The molecular weight excluding hydrogens is 327 g/mol. The lowest BCUT2D eigenvalue weighted by molar-refractivity contribution is -0.00000358. The van der Waals surface area contributed by atoms with Gasteiger partial charge in [0.25, 0.3) is 0 Å². The molecule has 0 fully saturated rings. The molecule has 0 saturated carbocycles. The van der Waals surface area contributed by atoms with Crippen LogP contribution in [0.15, 0.2) is 91.0 Å². The molecule has 0 aliphatic heterocycles. The maximum absolute atomic E-state index is 2.24. The van der Waals surface area contributed by atoms with Gasteiger partial charge in [0.15, 0.2) is 0 Å². The molecule has 3 aromatic rings. The maximum atomic E-state index is 2.24. The van der Waals surface area contributed by atoms with E-state index in [4.69, 9.17) is 0 Å². The van der Waals surface area contributed by atoms with E-state index < -0.39 is 7.92 Å². The van der Waals surface area contributed by atoms with E-state index in [-0.39, 0.29) is 18.4 Å². The Balaban J connectivity index is 0.00000110. The molecule has 3 aromatic carbocycles. The lowest BCUT2D eigenvalue weighted by atomic mass is 10.4. The highest BCUT2D eigenvalue weighted by atomic mass is 79.9. The minimum absolute atomic E-state index is 0. The Hall–Kier alpha value is -1.43. The first-order valence-corrected chi connectivity index (χ1v) is 7.98. The summed E-state index contributed by atoms with van der Waals surface area (Å²) in [6.07, 6.45) is 0. The lowest BCUT2D eigenvalue weighted by Gasteiger charge is -2.10. The second-order valence-electron chi connectivity index (χ2n) is 4.47. The second kappa shape index (κ2) is 7.38. The molecule has 0 bridgehead atoms. The Morgan fingerprint density at radius 3 is 0.950 bits per heavy atom. The fourth-order valence-corrected chi connectivity index (χ4v) is 4.89. The zero-order valence-corrected chi connectivity index (χ0v) is 13.6. The maximum Gasteiger partial charge on any atom is 1.00 e. The molecule has 0 amide bonds. The van der Waals surface area contributed by atoms with E-state index in [9.17, 15) is 0 Å². The van der Waals surface area contributed by atoms with Crippen LogP contribution in [0.25, 0.3) is 0 Å². The second-order valence-corrected chi connectivity index (χ2v) is 6.96. The minimum atomic E-state index is -0.877. The lowest BCUT2D eigenvalue weighted by Crippen LogP contribution is -3.00. The summed E-state index contributed by atoms with van der Waals surface area (Å²) in [4.78, 5) is 0. The smallest absolute Gasteiger partial charge is 1.00 e. The van der Waals surface area contributed by atoms with Gasteiger partial charge in [-0.25, -0.2) is 0 Å². The summed E-state index contributed by atoms with van der Waals surface area (Å²) in [7, 11) is -0.877. The van der Waals surface area contributed by atoms with E-state index in [2.05, 4.69) is 91.0 Å². The van der Waals surface area contributed by atoms with Gasteiger partial charge in [-0.3, -0.25) is 0 Å². The van der Waals surface area contributed by atoms with E-state index in [0.717, 1.165) is 0 Å². The van der Waals surface area contributed by atoms with E-state index in [0.29, 0.717) is 0 Å². The van der Waals surface area contributed by atoms with Crippen molar-refractivity contribution in [3.63, 3.8) is 0 Å². The summed E-state index contributed by atoms with van der Waals surface area (Å²) in [5.74, 6) is 0. The number of rotatable bonds is 3. The SMILES string of the molecule is [Br-].[H+].c1ccc([PH+](c2ccccc2)c2ccccc2)cc1. The summed E-state index contributed by atoms with van der Waals surface area (Å²) in [5, 5.41) is 4.31. The van der Waals surface area contributed by atoms with Crippen molar-refractivity contribution >= 4 is 23.8 Å². The number of hydrogen-bond donors (Lipinski definition) is 0. The largest absolute Gasteiger partial charge is 1.00 e. The zero-order chi connectivity index (χ0) is 12.9. The van der Waals surface area contributed by atoms with E-state index in [1.54, 1.807) is 0 Å². The zero-order valence-electron chi connectivity index (χ0n) is 12.0. The van der Waals surface area contributed by atoms with Crippen molar-refractivity contribution in [1.82, 2.24) is 0 Å². The summed E-state index contributed by atoms with van der Waals surface area (Å²) in [6, 6.07) is 32.5. The molecule has 3 rings (SSSR count). The van der Waals surface area contributed by atoms with Crippen molar-refractivity contribution in [2.24, 2.45) is 0 Å².